The van der Waals surface area contributed by atoms with Crippen LogP contribution < -0.4 is 10.8 Å². The van der Waals surface area contributed by atoms with E-state index >= 15 is 0 Å². The summed E-state index contributed by atoms with van der Waals surface area (Å²) in [4.78, 5) is 8.46. The first-order chi connectivity index (χ1) is 10.3. The molecule has 5 nitrogen and oxygen atoms in total. The van der Waals surface area contributed by atoms with Crippen molar-refractivity contribution in [1.29, 1.82) is 5.41 Å². The maximum atomic E-state index is 8.10. The molecule has 0 aliphatic heterocycles. The molecule has 0 saturated heterocycles. The smallest absolute Gasteiger partial charge is 0.133 e. The van der Waals surface area contributed by atoms with E-state index in [1.165, 1.54) is 0 Å². The number of rotatable bonds is 4. The summed E-state index contributed by atoms with van der Waals surface area (Å²) in [6.07, 6.45) is 6.90. The quantitative estimate of drug-likeness (QED) is 0.769. The monoisotopic (exact) mass is 277 g/mol. The lowest BCUT2D eigenvalue weighted by Crippen LogP contribution is -2.29. The van der Waals surface area contributed by atoms with Gasteiger partial charge in [-0.2, -0.15) is 0 Å². The van der Waals surface area contributed by atoms with Crippen molar-refractivity contribution in [3.63, 3.8) is 0 Å². The van der Waals surface area contributed by atoms with Gasteiger partial charge < -0.3 is 9.88 Å². The number of nitrogens with one attached hydrogen (secondary N) is 2. The Hall–Kier alpha value is -2.95. The number of hydrogen-bond acceptors (Lipinski definition) is 4. The summed E-state index contributed by atoms with van der Waals surface area (Å²) in [5.41, 5.74) is 1.38. The number of aromatic nitrogens is 3. The first-order valence-corrected chi connectivity index (χ1v) is 6.64. The van der Waals surface area contributed by atoms with Gasteiger partial charge in [0.15, 0.2) is 0 Å². The Morgan fingerprint density at radius 1 is 1.00 bits per heavy atom. The van der Waals surface area contributed by atoms with Crippen LogP contribution in [-0.4, -0.2) is 14.5 Å². The standard InChI is InChI=1S/C16H15N5/c17-14-7-2-4-11-21(14)16(13-6-5-9-18-12-13)20-15-8-1-3-10-19-15/h1-12,16-17H,(H,19,20). The van der Waals surface area contributed by atoms with Gasteiger partial charge in [0, 0.05) is 30.4 Å². The van der Waals surface area contributed by atoms with Crippen molar-refractivity contribution in [3.8, 4) is 0 Å². The van der Waals surface area contributed by atoms with E-state index < -0.39 is 0 Å². The van der Waals surface area contributed by atoms with Gasteiger partial charge in [-0.25, -0.2) is 4.98 Å². The lowest BCUT2D eigenvalue weighted by atomic mass is 10.2. The minimum Gasteiger partial charge on any atom is -0.346 e. The van der Waals surface area contributed by atoms with E-state index in [1.807, 2.05) is 53.2 Å². The molecule has 5 heteroatoms. The van der Waals surface area contributed by atoms with Gasteiger partial charge in [-0.1, -0.05) is 18.2 Å². The number of hydrogen-bond donors (Lipinski definition) is 2. The van der Waals surface area contributed by atoms with Gasteiger partial charge in [-0.3, -0.25) is 10.4 Å². The minimum absolute atomic E-state index is 0.234. The average Bonchev–Trinajstić information content (AvgIpc) is 2.55. The topological polar surface area (TPSA) is 66.6 Å². The van der Waals surface area contributed by atoms with E-state index in [9.17, 15) is 0 Å². The molecule has 3 rings (SSSR count). The Kier molecular flexibility index (Phi) is 3.73. The fourth-order valence-electron chi connectivity index (χ4n) is 2.12. The number of nitrogens with zero attached hydrogens (tertiary/aromatic N) is 3. The molecule has 1 atom stereocenters. The second kappa shape index (κ2) is 6.00. The predicted molar refractivity (Wildman–Crippen MR) is 80.5 cm³/mol. The second-order valence-electron chi connectivity index (χ2n) is 4.54. The van der Waals surface area contributed by atoms with Crippen molar-refractivity contribution in [3.05, 3.63) is 84.4 Å². The third kappa shape index (κ3) is 2.97. The fraction of sp³-hybridized carbons (Fsp3) is 0.0625. The molecule has 3 aromatic rings. The summed E-state index contributed by atoms with van der Waals surface area (Å²) >= 11 is 0. The summed E-state index contributed by atoms with van der Waals surface area (Å²) < 4.78 is 1.84. The van der Waals surface area contributed by atoms with Gasteiger partial charge in [0.05, 0.1) is 0 Å². The fourth-order valence-corrected chi connectivity index (χ4v) is 2.12. The van der Waals surface area contributed by atoms with E-state index in [4.69, 9.17) is 5.41 Å². The van der Waals surface area contributed by atoms with Gasteiger partial charge in [-0.15, -0.1) is 0 Å². The predicted octanol–water partition coefficient (Wildman–Crippen LogP) is 2.42. The van der Waals surface area contributed by atoms with Gasteiger partial charge in [0.25, 0.3) is 0 Å². The van der Waals surface area contributed by atoms with E-state index in [2.05, 4.69) is 15.3 Å². The molecule has 0 aliphatic carbocycles. The van der Waals surface area contributed by atoms with Crippen molar-refractivity contribution in [2.75, 3.05) is 5.32 Å². The first-order valence-electron chi connectivity index (χ1n) is 6.64. The minimum atomic E-state index is -0.234. The molecule has 0 saturated carbocycles. The van der Waals surface area contributed by atoms with Crippen LogP contribution in [0.2, 0.25) is 0 Å². The van der Waals surface area contributed by atoms with Crippen LogP contribution in [0.5, 0.6) is 0 Å². The van der Waals surface area contributed by atoms with Crippen molar-refractivity contribution in [2.45, 2.75) is 6.17 Å². The molecule has 3 aromatic heterocycles. The van der Waals surface area contributed by atoms with Crippen LogP contribution in [0.3, 0.4) is 0 Å². The van der Waals surface area contributed by atoms with Crippen LogP contribution >= 0.6 is 0 Å². The maximum absolute atomic E-state index is 8.10. The highest BCUT2D eigenvalue weighted by Gasteiger charge is 2.13. The molecular weight excluding hydrogens is 262 g/mol. The molecule has 104 valence electrons. The molecule has 0 fully saturated rings. The Morgan fingerprint density at radius 3 is 2.62 bits per heavy atom. The lowest BCUT2D eigenvalue weighted by molar-refractivity contribution is 0.608. The SMILES string of the molecule is N=c1ccccn1C(Nc1ccccn1)c1cccnc1. The molecule has 0 spiro atoms. The molecule has 1 unspecified atom stereocenters. The number of pyridine rings is 3. The van der Waals surface area contributed by atoms with Crippen LogP contribution in [-0.2, 0) is 0 Å². The zero-order chi connectivity index (χ0) is 14.5. The van der Waals surface area contributed by atoms with Crippen molar-refractivity contribution < 1.29 is 0 Å². The summed E-state index contributed by atoms with van der Waals surface area (Å²) in [6, 6.07) is 15.1. The third-order valence-electron chi connectivity index (χ3n) is 3.12. The molecule has 3 heterocycles. The summed E-state index contributed by atoms with van der Waals surface area (Å²) in [5.74, 6) is 0.752. The van der Waals surface area contributed by atoms with Crippen LogP contribution in [0.4, 0.5) is 5.82 Å². The number of anilines is 1. The van der Waals surface area contributed by atoms with Crippen molar-refractivity contribution >= 4 is 5.82 Å². The molecule has 21 heavy (non-hydrogen) atoms. The zero-order valence-electron chi connectivity index (χ0n) is 11.3. The molecule has 2 N–H and O–H groups in total. The largest absolute Gasteiger partial charge is 0.346 e. The molecular formula is C16H15N5. The average molecular weight is 277 g/mol. The molecule has 0 radical (unpaired) electrons. The summed E-state index contributed by atoms with van der Waals surface area (Å²) in [5, 5.41) is 11.4. The Bertz CT molecular complexity index is 752. The Morgan fingerprint density at radius 2 is 1.90 bits per heavy atom. The normalized spacial score (nSPS) is 11.8. The molecule has 0 aliphatic rings. The summed E-state index contributed by atoms with van der Waals surface area (Å²) in [7, 11) is 0. The van der Waals surface area contributed by atoms with Crippen LogP contribution in [0.15, 0.2) is 73.3 Å². The van der Waals surface area contributed by atoms with Gasteiger partial charge in [0.2, 0.25) is 0 Å². The molecule has 0 amide bonds. The highest BCUT2D eigenvalue weighted by molar-refractivity contribution is 5.37. The summed E-state index contributed by atoms with van der Waals surface area (Å²) in [6.45, 7) is 0. The molecule has 0 bridgehead atoms. The zero-order valence-corrected chi connectivity index (χ0v) is 11.3. The van der Waals surface area contributed by atoms with Gasteiger partial charge in [-0.05, 0) is 30.3 Å². The van der Waals surface area contributed by atoms with Gasteiger partial charge >= 0.3 is 0 Å². The Labute approximate surface area is 122 Å². The highest BCUT2D eigenvalue weighted by Crippen LogP contribution is 2.17. The van der Waals surface area contributed by atoms with Crippen molar-refractivity contribution in [1.82, 2.24) is 14.5 Å². The van der Waals surface area contributed by atoms with Crippen LogP contribution in [0.25, 0.3) is 0 Å². The Balaban J connectivity index is 2.04. The van der Waals surface area contributed by atoms with Crippen LogP contribution in [0.1, 0.15) is 11.7 Å². The van der Waals surface area contributed by atoms with E-state index in [0.717, 1.165) is 11.4 Å². The third-order valence-corrected chi connectivity index (χ3v) is 3.12. The highest BCUT2D eigenvalue weighted by atomic mass is 15.2. The second-order valence-corrected chi connectivity index (χ2v) is 4.54. The van der Waals surface area contributed by atoms with E-state index in [0.29, 0.717) is 5.49 Å². The maximum Gasteiger partial charge on any atom is 0.133 e. The van der Waals surface area contributed by atoms with Gasteiger partial charge in [0.1, 0.15) is 17.5 Å². The van der Waals surface area contributed by atoms with E-state index in [1.54, 1.807) is 24.7 Å². The van der Waals surface area contributed by atoms with E-state index in [-0.39, 0.29) is 6.17 Å². The van der Waals surface area contributed by atoms with Crippen molar-refractivity contribution in [2.24, 2.45) is 0 Å². The first kappa shape index (κ1) is 13.1. The lowest BCUT2D eigenvalue weighted by Gasteiger charge is -2.22. The van der Waals surface area contributed by atoms with Crippen LogP contribution in [0, 0.1) is 5.41 Å². The molecule has 0 aromatic carbocycles.